The molecule has 1 aliphatic heterocycles. The lowest BCUT2D eigenvalue weighted by atomic mass is 9.87. The van der Waals surface area contributed by atoms with E-state index in [9.17, 15) is 4.79 Å². The van der Waals surface area contributed by atoms with Crippen molar-refractivity contribution < 1.29 is 4.79 Å². The van der Waals surface area contributed by atoms with Crippen molar-refractivity contribution in [3.05, 3.63) is 17.6 Å². The fourth-order valence-electron chi connectivity index (χ4n) is 4.16. The Morgan fingerprint density at radius 3 is 2.38 bits per heavy atom. The third kappa shape index (κ3) is 3.87. The van der Waals surface area contributed by atoms with Gasteiger partial charge in [-0.2, -0.15) is 0 Å². The predicted molar refractivity (Wildman–Crippen MR) is 96.1 cm³/mol. The highest BCUT2D eigenvalue weighted by Gasteiger charge is 2.30. The molecular weight excluding hydrogens is 300 g/mol. The molecule has 5 nitrogen and oxygen atoms in total. The van der Waals surface area contributed by atoms with Crippen LogP contribution in [0.2, 0.25) is 0 Å². The summed E-state index contributed by atoms with van der Waals surface area (Å²) < 4.78 is 0. The molecule has 132 valence electrons. The average Bonchev–Trinajstić information content (AvgIpc) is 2.60. The third-order valence-electron chi connectivity index (χ3n) is 5.59. The van der Waals surface area contributed by atoms with E-state index in [1.165, 1.54) is 19.3 Å². The van der Waals surface area contributed by atoms with Gasteiger partial charge in [-0.3, -0.25) is 4.79 Å². The summed E-state index contributed by atoms with van der Waals surface area (Å²) in [5.41, 5.74) is 1.02. The fourth-order valence-corrected chi connectivity index (χ4v) is 4.16. The first-order valence-electron chi connectivity index (χ1n) is 9.38. The molecule has 0 aromatic carbocycles. The first-order valence-corrected chi connectivity index (χ1v) is 9.38. The first-order chi connectivity index (χ1) is 11.5. The molecule has 3 rings (SSSR count). The maximum atomic E-state index is 12.7. The van der Waals surface area contributed by atoms with Gasteiger partial charge in [0.15, 0.2) is 0 Å². The van der Waals surface area contributed by atoms with Gasteiger partial charge in [-0.25, -0.2) is 9.97 Å². The number of nitrogens with zero attached hydrogens (tertiary/aromatic N) is 4. The second kappa shape index (κ2) is 7.49. The molecule has 0 radical (unpaired) electrons. The molecule has 0 atom stereocenters. The van der Waals surface area contributed by atoms with Gasteiger partial charge in [0.05, 0.1) is 0 Å². The molecule has 0 bridgehead atoms. The summed E-state index contributed by atoms with van der Waals surface area (Å²) in [6.45, 7) is 5.88. The lowest BCUT2D eigenvalue weighted by molar-refractivity contribution is -0.137. The van der Waals surface area contributed by atoms with Crippen molar-refractivity contribution in [1.82, 2.24) is 14.9 Å². The molecule has 5 heteroatoms. The van der Waals surface area contributed by atoms with E-state index >= 15 is 0 Å². The van der Waals surface area contributed by atoms with Gasteiger partial charge in [0.1, 0.15) is 11.6 Å². The molecule has 1 saturated carbocycles. The topological polar surface area (TPSA) is 49.3 Å². The Labute approximate surface area is 145 Å². The molecule has 1 aromatic rings. The van der Waals surface area contributed by atoms with Crippen molar-refractivity contribution in [3.8, 4) is 0 Å². The Balaban J connectivity index is 1.57. The Kier molecular flexibility index (Phi) is 5.36. The van der Waals surface area contributed by atoms with E-state index in [-0.39, 0.29) is 5.92 Å². The van der Waals surface area contributed by atoms with Crippen LogP contribution in [0.4, 0.5) is 5.82 Å². The van der Waals surface area contributed by atoms with Gasteiger partial charge in [-0.15, -0.1) is 0 Å². The van der Waals surface area contributed by atoms with Crippen LogP contribution in [-0.4, -0.2) is 47.0 Å². The molecule has 1 amide bonds. The van der Waals surface area contributed by atoms with Crippen molar-refractivity contribution >= 4 is 11.7 Å². The highest BCUT2D eigenvalue weighted by Crippen LogP contribution is 2.28. The lowest BCUT2D eigenvalue weighted by Crippen LogP contribution is -2.47. The minimum absolute atomic E-state index is 0.272. The second-order valence-corrected chi connectivity index (χ2v) is 7.42. The highest BCUT2D eigenvalue weighted by atomic mass is 16.2. The van der Waals surface area contributed by atoms with E-state index < -0.39 is 0 Å². The van der Waals surface area contributed by atoms with E-state index in [4.69, 9.17) is 0 Å². The minimum Gasteiger partial charge on any atom is -0.356 e. The van der Waals surface area contributed by atoms with E-state index in [1.807, 2.05) is 25.8 Å². The standard InChI is InChI=1S/C19H30N4O/c1-14-13-18(21-15(2)20-14)23-11-9-17(10-12-23)22(3)19(24)16-7-5-4-6-8-16/h13,16-17H,4-12H2,1-3H3. The summed E-state index contributed by atoms with van der Waals surface area (Å²) in [6, 6.07) is 2.43. The van der Waals surface area contributed by atoms with Crippen molar-refractivity contribution in [2.45, 2.75) is 64.8 Å². The number of aromatic nitrogens is 2. The summed E-state index contributed by atoms with van der Waals surface area (Å²) in [5, 5.41) is 0. The van der Waals surface area contributed by atoms with Crippen LogP contribution in [-0.2, 0) is 4.79 Å². The number of aryl methyl sites for hydroxylation is 2. The molecule has 24 heavy (non-hydrogen) atoms. The van der Waals surface area contributed by atoms with Gasteiger partial charge in [0, 0.05) is 43.9 Å². The Morgan fingerprint density at radius 1 is 1.08 bits per heavy atom. The van der Waals surface area contributed by atoms with Gasteiger partial charge < -0.3 is 9.80 Å². The number of carbonyl (C=O) groups is 1. The minimum atomic E-state index is 0.272. The molecule has 2 fully saturated rings. The summed E-state index contributed by atoms with van der Waals surface area (Å²) in [5.74, 6) is 2.51. The number of amides is 1. The van der Waals surface area contributed by atoms with Crippen LogP contribution in [0, 0.1) is 19.8 Å². The quantitative estimate of drug-likeness (QED) is 0.854. The van der Waals surface area contributed by atoms with Crippen LogP contribution in [0.15, 0.2) is 6.07 Å². The number of anilines is 1. The van der Waals surface area contributed by atoms with Crippen LogP contribution < -0.4 is 4.90 Å². The summed E-state index contributed by atoms with van der Waals surface area (Å²) >= 11 is 0. The van der Waals surface area contributed by atoms with Crippen molar-refractivity contribution in [3.63, 3.8) is 0 Å². The number of hydrogen-bond donors (Lipinski definition) is 0. The second-order valence-electron chi connectivity index (χ2n) is 7.42. The average molecular weight is 330 g/mol. The van der Waals surface area contributed by atoms with E-state index in [0.717, 1.165) is 56.1 Å². The fraction of sp³-hybridized carbons (Fsp3) is 0.737. The van der Waals surface area contributed by atoms with E-state index in [2.05, 4.69) is 20.9 Å². The summed E-state index contributed by atoms with van der Waals surface area (Å²) in [4.78, 5) is 26.0. The maximum Gasteiger partial charge on any atom is 0.225 e. The molecule has 0 N–H and O–H groups in total. The molecular formula is C19H30N4O. The maximum absolute atomic E-state index is 12.7. The Morgan fingerprint density at radius 2 is 1.75 bits per heavy atom. The molecule has 2 heterocycles. The smallest absolute Gasteiger partial charge is 0.225 e. The monoisotopic (exact) mass is 330 g/mol. The van der Waals surface area contributed by atoms with E-state index in [0.29, 0.717) is 11.9 Å². The Hall–Kier alpha value is -1.65. The zero-order chi connectivity index (χ0) is 17.1. The SMILES string of the molecule is Cc1cc(N2CCC(N(C)C(=O)C3CCCCC3)CC2)nc(C)n1. The van der Waals surface area contributed by atoms with Crippen LogP contribution in [0.1, 0.15) is 56.5 Å². The molecule has 0 spiro atoms. The first kappa shape index (κ1) is 17.2. The zero-order valence-electron chi connectivity index (χ0n) is 15.3. The van der Waals surface area contributed by atoms with E-state index in [1.54, 1.807) is 0 Å². The molecule has 1 aromatic heterocycles. The largest absolute Gasteiger partial charge is 0.356 e. The molecule has 1 aliphatic carbocycles. The van der Waals surface area contributed by atoms with Crippen LogP contribution in [0.25, 0.3) is 0 Å². The number of hydrogen-bond acceptors (Lipinski definition) is 4. The van der Waals surface area contributed by atoms with Crippen molar-refractivity contribution in [2.24, 2.45) is 5.92 Å². The molecule has 0 unspecified atom stereocenters. The number of rotatable bonds is 3. The van der Waals surface area contributed by atoms with Crippen molar-refractivity contribution in [1.29, 1.82) is 0 Å². The van der Waals surface area contributed by atoms with Gasteiger partial charge in [0.25, 0.3) is 0 Å². The number of piperidine rings is 1. The third-order valence-corrected chi connectivity index (χ3v) is 5.59. The van der Waals surface area contributed by atoms with Crippen molar-refractivity contribution in [2.75, 3.05) is 25.0 Å². The zero-order valence-corrected chi connectivity index (χ0v) is 15.3. The normalized spacial score (nSPS) is 20.2. The highest BCUT2D eigenvalue weighted by molar-refractivity contribution is 5.79. The summed E-state index contributed by atoms with van der Waals surface area (Å²) in [7, 11) is 2.01. The number of carbonyl (C=O) groups excluding carboxylic acids is 1. The summed E-state index contributed by atoms with van der Waals surface area (Å²) in [6.07, 6.45) is 7.95. The van der Waals surface area contributed by atoms with Gasteiger partial charge in [0.2, 0.25) is 5.91 Å². The van der Waals surface area contributed by atoms with Crippen LogP contribution in [0.5, 0.6) is 0 Å². The molecule has 2 aliphatic rings. The lowest BCUT2D eigenvalue weighted by Gasteiger charge is -2.39. The van der Waals surface area contributed by atoms with Gasteiger partial charge in [-0.1, -0.05) is 19.3 Å². The molecule has 1 saturated heterocycles. The predicted octanol–water partition coefficient (Wildman–Crippen LogP) is 3.10. The van der Waals surface area contributed by atoms with Gasteiger partial charge in [-0.05, 0) is 39.5 Å². The Bertz CT molecular complexity index is 554. The van der Waals surface area contributed by atoms with Gasteiger partial charge >= 0.3 is 0 Å². The van der Waals surface area contributed by atoms with Crippen LogP contribution in [0.3, 0.4) is 0 Å². The van der Waals surface area contributed by atoms with Crippen LogP contribution >= 0.6 is 0 Å².